The molecule has 1 aliphatic rings. The van der Waals surface area contributed by atoms with Gasteiger partial charge in [-0.05, 0) is 47.4 Å². The Morgan fingerprint density at radius 3 is 2.05 bits per heavy atom. The summed E-state index contributed by atoms with van der Waals surface area (Å²) in [7, 11) is 7.16. The maximum atomic E-state index is 12.9. The number of esters is 1. The van der Waals surface area contributed by atoms with E-state index in [2.05, 4.69) is 4.90 Å². The first-order valence-corrected chi connectivity index (χ1v) is 12.6. The lowest BCUT2D eigenvalue weighted by molar-refractivity contribution is -0.140. The fraction of sp³-hybridized carbons (Fsp3) is 0.379. The Hall–Kier alpha value is -4.38. The van der Waals surface area contributed by atoms with Crippen LogP contribution in [0.2, 0.25) is 0 Å². The van der Waals surface area contributed by atoms with Gasteiger partial charge in [-0.1, -0.05) is 0 Å². The molecule has 0 fully saturated rings. The van der Waals surface area contributed by atoms with Gasteiger partial charge in [-0.15, -0.1) is 0 Å². The first-order valence-electron chi connectivity index (χ1n) is 12.6. The van der Waals surface area contributed by atoms with Crippen LogP contribution in [0.1, 0.15) is 40.5 Å². The van der Waals surface area contributed by atoms with Gasteiger partial charge in [0.15, 0.2) is 28.8 Å². The molecule has 0 spiro atoms. The van der Waals surface area contributed by atoms with Gasteiger partial charge in [-0.2, -0.15) is 0 Å². The third kappa shape index (κ3) is 5.79. The van der Waals surface area contributed by atoms with Crippen LogP contribution < -0.4 is 24.4 Å². The predicted octanol–water partition coefficient (Wildman–Crippen LogP) is 3.34. The van der Waals surface area contributed by atoms with Crippen LogP contribution >= 0.6 is 0 Å². The van der Waals surface area contributed by atoms with Crippen molar-refractivity contribution >= 4 is 5.97 Å². The summed E-state index contributed by atoms with van der Waals surface area (Å²) in [5, 5.41) is 21.1. The molecule has 40 heavy (non-hydrogen) atoms. The Labute approximate surface area is 231 Å². The van der Waals surface area contributed by atoms with E-state index in [-0.39, 0.29) is 36.0 Å². The maximum absolute atomic E-state index is 12.9. The van der Waals surface area contributed by atoms with Crippen molar-refractivity contribution in [3.05, 3.63) is 68.8 Å². The summed E-state index contributed by atoms with van der Waals surface area (Å²) in [5.41, 5.74) is 1.97. The van der Waals surface area contributed by atoms with Gasteiger partial charge in [0.25, 0.3) is 0 Å². The molecule has 3 aromatic rings. The average molecular weight is 556 g/mol. The predicted molar refractivity (Wildman–Crippen MR) is 144 cm³/mol. The molecule has 1 aliphatic heterocycles. The zero-order chi connectivity index (χ0) is 29.0. The molecule has 0 saturated heterocycles. The normalized spacial score (nSPS) is 13.7. The lowest BCUT2D eigenvalue weighted by Gasteiger charge is -2.29. The topological polar surface area (TPSA) is 137 Å². The number of fused-ring (bicyclic) bond motifs is 1. The highest BCUT2D eigenvalue weighted by atomic mass is 16.5. The van der Waals surface area contributed by atoms with Crippen molar-refractivity contribution in [1.82, 2.24) is 4.90 Å². The lowest BCUT2D eigenvalue weighted by atomic mass is 9.91. The number of aromatic hydroxyl groups is 2. The molecule has 1 unspecified atom stereocenters. The Bertz CT molecular complexity index is 1420. The van der Waals surface area contributed by atoms with Crippen molar-refractivity contribution in [2.24, 2.45) is 0 Å². The average Bonchev–Trinajstić information content (AvgIpc) is 2.97. The number of hydrogen-bond donors (Lipinski definition) is 2. The zero-order valence-electron chi connectivity index (χ0n) is 23.1. The van der Waals surface area contributed by atoms with Gasteiger partial charge < -0.3 is 38.3 Å². The van der Waals surface area contributed by atoms with Crippen molar-refractivity contribution in [2.75, 3.05) is 42.1 Å². The van der Waals surface area contributed by atoms with Crippen LogP contribution in [-0.2, 0) is 29.0 Å². The number of hydrogen-bond acceptors (Lipinski definition) is 11. The van der Waals surface area contributed by atoms with E-state index in [9.17, 15) is 19.8 Å². The molecule has 0 amide bonds. The first kappa shape index (κ1) is 28.6. The number of rotatable bonds is 10. The summed E-state index contributed by atoms with van der Waals surface area (Å²) in [6.07, 6.45) is 0.495. The summed E-state index contributed by atoms with van der Waals surface area (Å²) in [6.45, 7) is 1.55. The van der Waals surface area contributed by atoms with E-state index in [1.807, 2.05) is 12.1 Å². The van der Waals surface area contributed by atoms with Crippen LogP contribution in [0.3, 0.4) is 0 Å². The van der Waals surface area contributed by atoms with Crippen molar-refractivity contribution in [3.8, 4) is 34.5 Å². The van der Waals surface area contributed by atoms with Crippen LogP contribution in [0, 0.1) is 0 Å². The zero-order valence-corrected chi connectivity index (χ0v) is 23.1. The molecule has 11 heteroatoms. The Morgan fingerprint density at radius 1 is 0.875 bits per heavy atom. The second-order valence-electron chi connectivity index (χ2n) is 9.33. The second kappa shape index (κ2) is 12.2. The van der Waals surface area contributed by atoms with Gasteiger partial charge in [0.05, 0.1) is 54.4 Å². The van der Waals surface area contributed by atoms with E-state index >= 15 is 0 Å². The van der Waals surface area contributed by atoms with Gasteiger partial charge in [0, 0.05) is 19.2 Å². The molecule has 2 aromatic carbocycles. The van der Waals surface area contributed by atoms with Crippen LogP contribution in [0.5, 0.6) is 34.5 Å². The number of benzene rings is 2. The Kier molecular flexibility index (Phi) is 8.73. The smallest absolute Gasteiger partial charge is 0.306 e. The molecule has 4 rings (SSSR count). The largest absolute Gasteiger partial charge is 0.502 e. The minimum Gasteiger partial charge on any atom is -0.502 e. The molecule has 1 aromatic heterocycles. The summed E-state index contributed by atoms with van der Waals surface area (Å²) in [5.74, 6) is -0.713. The van der Waals surface area contributed by atoms with E-state index in [1.54, 1.807) is 14.2 Å². The Balaban J connectivity index is 1.71. The molecule has 1 atom stereocenters. The number of methoxy groups -OCH3 is 5. The van der Waals surface area contributed by atoms with Crippen molar-refractivity contribution < 1.29 is 43.1 Å². The van der Waals surface area contributed by atoms with Gasteiger partial charge in [0.2, 0.25) is 16.9 Å². The van der Waals surface area contributed by atoms with E-state index < -0.39 is 23.1 Å². The van der Waals surface area contributed by atoms with Crippen LogP contribution in [-0.4, -0.2) is 63.2 Å². The summed E-state index contributed by atoms with van der Waals surface area (Å²) in [6, 6.07) is 8.14. The Morgan fingerprint density at radius 2 is 1.48 bits per heavy atom. The van der Waals surface area contributed by atoms with Crippen LogP contribution in [0.25, 0.3) is 0 Å². The monoisotopic (exact) mass is 555 g/mol. The van der Waals surface area contributed by atoms with Gasteiger partial charge in [-0.25, -0.2) is 0 Å². The molecule has 2 heterocycles. The maximum Gasteiger partial charge on any atom is 0.306 e. The molecule has 0 radical (unpaired) electrons. The molecule has 11 nitrogen and oxygen atoms in total. The van der Waals surface area contributed by atoms with Gasteiger partial charge in [0.1, 0.15) is 5.76 Å². The number of carbonyl (C=O) groups excluding carboxylic acids is 1. The molecule has 0 bridgehead atoms. The third-order valence-electron chi connectivity index (χ3n) is 7.00. The SMILES string of the molecule is COC(=O)CC(c1cc(OC)c(O)c(OC)c1)c1oc(CN2CCc3cc(OC)c(OC)cc3C2)cc(=O)c1O. The quantitative estimate of drug-likeness (QED) is 0.356. The van der Waals surface area contributed by atoms with Crippen molar-refractivity contribution in [2.45, 2.75) is 31.8 Å². The number of carbonyl (C=O) groups is 1. The molecule has 0 aliphatic carbocycles. The fourth-order valence-electron chi connectivity index (χ4n) is 4.89. The lowest BCUT2D eigenvalue weighted by Crippen LogP contribution is -2.30. The summed E-state index contributed by atoms with van der Waals surface area (Å²) < 4.78 is 32.4. The van der Waals surface area contributed by atoms with E-state index in [1.165, 1.54) is 39.5 Å². The fourth-order valence-corrected chi connectivity index (χ4v) is 4.89. The van der Waals surface area contributed by atoms with Crippen LogP contribution in [0.4, 0.5) is 0 Å². The van der Waals surface area contributed by atoms with E-state index in [0.29, 0.717) is 35.9 Å². The highest BCUT2D eigenvalue weighted by Crippen LogP contribution is 2.43. The van der Waals surface area contributed by atoms with E-state index in [0.717, 1.165) is 17.5 Å². The van der Waals surface area contributed by atoms with E-state index in [4.69, 9.17) is 28.1 Å². The minimum atomic E-state index is -0.942. The number of ether oxygens (including phenoxy) is 5. The minimum absolute atomic E-state index is 0.0845. The third-order valence-corrected chi connectivity index (χ3v) is 7.00. The molecular weight excluding hydrogens is 522 g/mol. The molecule has 0 saturated carbocycles. The summed E-state index contributed by atoms with van der Waals surface area (Å²) >= 11 is 0. The van der Waals surface area contributed by atoms with Crippen molar-refractivity contribution in [1.29, 1.82) is 0 Å². The number of phenolic OH excluding ortho intramolecular Hbond substituents is 1. The standard InChI is InChI=1S/C29H33NO10/c1-35-22-8-16-6-7-30(14-18(16)11-23(22)36-2)15-19-12-21(31)27(33)29(40-19)20(13-26(32)39-5)17-9-24(37-3)28(34)25(10-17)38-4/h8-12,20,33-34H,6-7,13-15H2,1-5H3. The highest BCUT2D eigenvalue weighted by Gasteiger charge is 2.29. The summed E-state index contributed by atoms with van der Waals surface area (Å²) in [4.78, 5) is 27.4. The first-order chi connectivity index (χ1) is 19.2. The second-order valence-corrected chi connectivity index (χ2v) is 9.33. The van der Waals surface area contributed by atoms with Crippen molar-refractivity contribution in [3.63, 3.8) is 0 Å². The number of phenols is 1. The van der Waals surface area contributed by atoms with Crippen LogP contribution in [0.15, 0.2) is 39.5 Å². The molecule has 2 N–H and O–H groups in total. The highest BCUT2D eigenvalue weighted by molar-refractivity contribution is 5.71. The molecule has 214 valence electrons. The van der Waals surface area contributed by atoms with Gasteiger partial charge in [-0.3, -0.25) is 14.5 Å². The van der Waals surface area contributed by atoms with Gasteiger partial charge >= 0.3 is 5.97 Å². The number of nitrogens with zero attached hydrogens (tertiary/aromatic N) is 1. The molecular formula is C29H33NO10.